The minimum absolute atomic E-state index is 0.0757. The van der Waals surface area contributed by atoms with E-state index in [0.29, 0.717) is 5.69 Å². The Morgan fingerprint density at radius 1 is 1.08 bits per heavy atom. The number of benzene rings is 1. The van der Waals surface area contributed by atoms with E-state index in [2.05, 4.69) is 5.10 Å². The molecule has 0 aliphatic heterocycles. The Morgan fingerprint density at radius 3 is 2.33 bits per heavy atom. The summed E-state index contributed by atoms with van der Waals surface area (Å²) in [4.78, 5) is 20.1. The molecule has 3 rings (SSSR count). The maximum Gasteiger partial charge on any atom is 0.433 e. The Morgan fingerprint density at radius 2 is 1.79 bits per heavy atom. The number of hydrogen-bond donors (Lipinski definition) is 0. The van der Waals surface area contributed by atoms with Gasteiger partial charge in [-0.3, -0.25) is 20.2 Å². The highest BCUT2D eigenvalue weighted by atomic mass is 16.6. The molecule has 0 fully saturated rings. The minimum atomic E-state index is -0.692. The fourth-order valence-corrected chi connectivity index (χ4v) is 2.05. The highest BCUT2D eigenvalue weighted by Gasteiger charge is 2.19. The predicted molar refractivity (Wildman–Crippen MR) is 79.3 cm³/mol. The average Bonchev–Trinajstić information content (AvgIpc) is 3.21. The Kier molecular flexibility index (Phi) is 3.51. The summed E-state index contributed by atoms with van der Waals surface area (Å²) >= 11 is 0. The van der Waals surface area contributed by atoms with Crippen LogP contribution >= 0.6 is 0 Å². The Hall–Kier alpha value is -4.00. The van der Waals surface area contributed by atoms with E-state index in [1.165, 1.54) is 47.3 Å². The molecular weight excluding hydrogens is 318 g/mol. The molecule has 0 radical (unpaired) electrons. The lowest BCUT2D eigenvalue weighted by molar-refractivity contribution is -0.401. The third-order valence-corrected chi connectivity index (χ3v) is 3.16. The molecule has 10 heteroatoms. The van der Waals surface area contributed by atoms with Gasteiger partial charge in [0.2, 0.25) is 0 Å². The van der Waals surface area contributed by atoms with Crippen molar-refractivity contribution < 1.29 is 14.3 Å². The van der Waals surface area contributed by atoms with E-state index in [1.54, 1.807) is 0 Å². The molecule has 0 spiro atoms. The summed E-state index contributed by atoms with van der Waals surface area (Å²) in [5.41, 5.74) is 0.708. The number of nitro benzene ring substituents is 1. The molecule has 0 atom stereocenters. The Bertz CT molecular complexity index is 980. The molecule has 0 saturated heterocycles. The highest BCUT2D eigenvalue weighted by Crippen LogP contribution is 2.28. The van der Waals surface area contributed by atoms with Gasteiger partial charge < -0.3 is 4.42 Å². The van der Waals surface area contributed by atoms with Crippen molar-refractivity contribution >= 4 is 11.6 Å². The molecule has 0 amide bonds. The molecule has 1 aromatic carbocycles. The smallest absolute Gasteiger partial charge is 0.399 e. The van der Waals surface area contributed by atoms with Gasteiger partial charge in [0.05, 0.1) is 16.7 Å². The van der Waals surface area contributed by atoms with Crippen molar-refractivity contribution in [2.24, 2.45) is 0 Å². The van der Waals surface area contributed by atoms with E-state index >= 15 is 0 Å². The monoisotopic (exact) mass is 325 g/mol. The zero-order chi connectivity index (χ0) is 17.3. The first-order chi connectivity index (χ1) is 11.5. The molecule has 0 saturated carbocycles. The van der Waals surface area contributed by atoms with Gasteiger partial charge in [-0.05, 0) is 18.2 Å². The van der Waals surface area contributed by atoms with Crippen LogP contribution in [0.4, 0.5) is 11.6 Å². The average molecular weight is 325 g/mol. The van der Waals surface area contributed by atoms with Crippen molar-refractivity contribution in [3.8, 4) is 23.2 Å². The third-order valence-electron chi connectivity index (χ3n) is 3.16. The predicted octanol–water partition coefficient (Wildman–Crippen LogP) is 2.82. The largest absolute Gasteiger partial charge is 0.433 e. The molecule has 0 bridgehead atoms. The summed E-state index contributed by atoms with van der Waals surface area (Å²) in [7, 11) is 0. The lowest BCUT2D eigenvalue weighted by Crippen LogP contribution is -1.95. The van der Waals surface area contributed by atoms with Crippen LogP contribution < -0.4 is 0 Å². The summed E-state index contributed by atoms with van der Waals surface area (Å²) < 4.78 is 6.40. The summed E-state index contributed by atoms with van der Waals surface area (Å²) in [6, 6.07) is 10.0. The van der Waals surface area contributed by atoms with Crippen LogP contribution in [0, 0.1) is 31.6 Å². The number of aromatic nitrogens is 2. The second kappa shape index (κ2) is 5.65. The minimum Gasteiger partial charge on any atom is -0.399 e. The van der Waals surface area contributed by atoms with Crippen molar-refractivity contribution in [3.63, 3.8) is 0 Å². The first-order valence-electron chi connectivity index (χ1n) is 6.49. The van der Waals surface area contributed by atoms with Crippen LogP contribution in [0.1, 0.15) is 5.56 Å². The summed E-state index contributed by atoms with van der Waals surface area (Å²) in [6.45, 7) is 0. The van der Waals surface area contributed by atoms with Gasteiger partial charge in [-0.2, -0.15) is 10.4 Å². The van der Waals surface area contributed by atoms with Gasteiger partial charge in [0.1, 0.15) is 22.2 Å². The van der Waals surface area contributed by atoms with E-state index in [4.69, 9.17) is 4.42 Å². The van der Waals surface area contributed by atoms with Crippen LogP contribution in [0.15, 0.2) is 47.0 Å². The number of hydrogen-bond acceptors (Lipinski definition) is 7. The molecule has 2 aromatic heterocycles. The van der Waals surface area contributed by atoms with Crippen LogP contribution in [0.25, 0.3) is 17.1 Å². The van der Waals surface area contributed by atoms with Crippen LogP contribution in [0.5, 0.6) is 0 Å². The van der Waals surface area contributed by atoms with Crippen molar-refractivity contribution in [1.29, 1.82) is 5.26 Å². The molecular formula is C14H7N5O5. The Balaban J connectivity index is 2.02. The number of nitriles is 1. The second-order valence-electron chi connectivity index (χ2n) is 4.62. The van der Waals surface area contributed by atoms with Crippen molar-refractivity contribution in [2.75, 3.05) is 0 Å². The third kappa shape index (κ3) is 2.57. The number of non-ortho nitro benzene ring substituents is 1. The number of furan rings is 1. The standard InChI is InChI=1S/C14H7N5O5/c15-7-9-8-17(10-1-3-11(4-2-10)18(20)21)16-14(9)12-5-6-13(24-12)19(22)23/h1-6,8H. The highest BCUT2D eigenvalue weighted by molar-refractivity contribution is 5.62. The molecule has 0 aliphatic carbocycles. The topological polar surface area (TPSA) is 141 Å². The van der Waals surface area contributed by atoms with E-state index < -0.39 is 15.7 Å². The van der Waals surface area contributed by atoms with E-state index in [0.717, 1.165) is 0 Å². The molecule has 0 unspecified atom stereocenters. The van der Waals surface area contributed by atoms with Crippen LogP contribution in [-0.2, 0) is 0 Å². The zero-order valence-electron chi connectivity index (χ0n) is 11.8. The summed E-state index contributed by atoms with van der Waals surface area (Å²) in [5, 5.41) is 34.7. The molecule has 10 nitrogen and oxygen atoms in total. The first kappa shape index (κ1) is 14.9. The quantitative estimate of drug-likeness (QED) is 0.530. The van der Waals surface area contributed by atoms with Crippen LogP contribution in [0.3, 0.4) is 0 Å². The first-order valence-corrected chi connectivity index (χ1v) is 6.49. The van der Waals surface area contributed by atoms with Crippen molar-refractivity contribution in [2.45, 2.75) is 0 Å². The number of rotatable bonds is 4. The molecule has 2 heterocycles. The van der Waals surface area contributed by atoms with E-state index in [-0.39, 0.29) is 22.7 Å². The van der Waals surface area contributed by atoms with Gasteiger partial charge in [-0.1, -0.05) is 0 Å². The lowest BCUT2D eigenvalue weighted by Gasteiger charge is -1.99. The Labute approximate surface area is 133 Å². The maximum atomic E-state index is 10.7. The normalized spacial score (nSPS) is 10.3. The zero-order valence-corrected chi connectivity index (χ0v) is 11.8. The summed E-state index contributed by atoms with van der Waals surface area (Å²) in [5.74, 6) is -0.377. The fourth-order valence-electron chi connectivity index (χ4n) is 2.05. The van der Waals surface area contributed by atoms with E-state index in [1.807, 2.05) is 6.07 Å². The number of nitrogens with zero attached hydrogens (tertiary/aromatic N) is 5. The van der Waals surface area contributed by atoms with Gasteiger partial charge in [0.15, 0.2) is 5.76 Å². The van der Waals surface area contributed by atoms with Gasteiger partial charge >= 0.3 is 5.88 Å². The molecule has 0 N–H and O–H groups in total. The van der Waals surface area contributed by atoms with E-state index in [9.17, 15) is 25.5 Å². The lowest BCUT2D eigenvalue weighted by atomic mass is 10.2. The molecule has 24 heavy (non-hydrogen) atoms. The SMILES string of the molecule is N#Cc1cn(-c2ccc([N+](=O)[O-])cc2)nc1-c1ccc([N+](=O)[O-])o1. The van der Waals surface area contributed by atoms with Crippen molar-refractivity contribution in [3.05, 3.63) is 68.4 Å². The molecule has 118 valence electrons. The molecule has 0 aliphatic rings. The second-order valence-corrected chi connectivity index (χ2v) is 4.62. The maximum absolute atomic E-state index is 10.7. The van der Waals surface area contributed by atoms with Crippen molar-refractivity contribution in [1.82, 2.24) is 9.78 Å². The summed E-state index contributed by atoms with van der Waals surface area (Å²) in [6.07, 6.45) is 1.41. The van der Waals surface area contributed by atoms with Crippen LogP contribution in [0.2, 0.25) is 0 Å². The fraction of sp³-hybridized carbons (Fsp3) is 0. The van der Waals surface area contributed by atoms with Gasteiger partial charge in [0, 0.05) is 18.3 Å². The number of nitro groups is 2. The van der Waals surface area contributed by atoms with Crippen LogP contribution in [-0.4, -0.2) is 19.6 Å². The van der Waals surface area contributed by atoms with Gasteiger partial charge in [-0.25, -0.2) is 4.68 Å². The molecule has 3 aromatic rings. The van der Waals surface area contributed by atoms with Gasteiger partial charge in [-0.15, -0.1) is 0 Å². The van der Waals surface area contributed by atoms with Gasteiger partial charge in [0.25, 0.3) is 5.69 Å².